The summed E-state index contributed by atoms with van der Waals surface area (Å²) in [5, 5.41) is 3.42. The lowest BCUT2D eigenvalue weighted by molar-refractivity contribution is 0.439. The third kappa shape index (κ3) is 2.56. The molecule has 2 N–H and O–H groups in total. The minimum absolute atomic E-state index is 0.0582. The molecule has 0 bridgehead atoms. The molecule has 3 rings (SSSR count). The van der Waals surface area contributed by atoms with E-state index in [1.54, 1.807) is 4.57 Å². The molecule has 1 aromatic carbocycles. The van der Waals surface area contributed by atoms with Crippen molar-refractivity contribution in [3.05, 3.63) is 57.1 Å². The Balaban J connectivity index is 2.03. The van der Waals surface area contributed by atoms with Crippen molar-refractivity contribution in [1.82, 2.24) is 14.9 Å². The minimum Gasteiger partial charge on any atom is -0.316 e. The van der Waals surface area contributed by atoms with Gasteiger partial charge in [-0.05, 0) is 32.4 Å². The lowest BCUT2D eigenvalue weighted by Gasteiger charge is -2.21. The Morgan fingerprint density at radius 1 is 1.24 bits per heavy atom. The van der Waals surface area contributed by atoms with Gasteiger partial charge in [0.15, 0.2) is 0 Å². The van der Waals surface area contributed by atoms with Gasteiger partial charge in [-0.2, -0.15) is 0 Å². The zero-order valence-corrected chi connectivity index (χ0v) is 12.2. The fraction of sp³-hybridized carbons (Fsp3) is 0.375. The molecule has 21 heavy (non-hydrogen) atoms. The average Bonchev–Trinajstić information content (AvgIpc) is 2.85. The summed E-state index contributed by atoms with van der Waals surface area (Å²) in [7, 11) is 0. The Hall–Kier alpha value is -2.14. The van der Waals surface area contributed by atoms with Crippen LogP contribution in [0.5, 0.6) is 0 Å². The second kappa shape index (κ2) is 5.33. The maximum atomic E-state index is 12.2. The van der Waals surface area contributed by atoms with Crippen LogP contribution >= 0.6 is 0 Å². The fourth-order valence-corrected chi connectivity index (χ4v) is 2.99. The number of fused-ring (bicyclic) bond motifs is 1. The predicted octanol–water partition coefficient (Wildman–Crippen LogP) is 1.56. The summed E-state index contributed by atoms with van der Waals surface area (Å²) >= 11 is 0. The molecule has 2 heterocycles. The molecule has 0 saturated heterocycles. The van der Waals surface area contributed by atoms with Gasteiger partial charge < -0.3 is 10.3 Å². The second-order valence-corrected chi connectivity index (χ2v) is 5.68. The van der Waals surface area contributed by atoms with Gasteiger partial charge in [0.25, 0.3) is 0 Å². The van der Waals surface area contributed by atoms with Crippen LogP contribution < -0.4 is 16.4 Å². The van der Waals surface area contributed by atoms with Crippen molar-refractivity contribution in [3.63, 3.8) is 0 Å². The Labute approximate surface area is 122 Å². The van der Waals surface area contributed by atoms with E-state index in [0.29, 0.717) is 11.6 Å². The highest BCUT2D eigenvalue weighted by Crippen LogP contribution is 2.19. The topological polar surface area (TPSA) is 66.9 Å². The van der Waals surface area contributed by atoms with Crippen molar-refractivity contribution < 1.29 is 0 Å². The van der Waals surface area contributed by atoms with Crippen LogP contribution in [0.2, 0.25) is 0 Å². The number of hydrogen-bond acceptors (Lipinski definition) is 3. The summed E-state index contributed by atoms with van der Waals surface area (Å²) < 4.78 is 1.60. The molecule has 1 aliphatic rings. The van der Waals surface area contributed by atoms with Crippen molar-refractivity contribution in [3.8, 4) is 0 Å². The quantitative estimate of drug-likeness (QED) is 0.664. The number of hydrogen-bond donors (Lipinski definition) is 2. The highest BCUT2D eigenvalue weighted by molar-refractivity contribution is 5.74. The number of rotatable bonds is 3. The standard InChI is InChI=1S/C16H19N3O2/c1-10-7-8-12(17-10)9-11(2)19-14-6-4-3-5-13(14)18-15(20)16(19)21/h3-8,10-12,17H,9H2,1-2H3,(H,18,20)/t10?,11-,12?/m1/s1. The first-order valence-electron chi connectivity index (χ1n) is 7.24. The zero-order valence-electron chi connectivity index (χ0n) is 12.2. The van der Waals surface area contributed by atoms with Crippen molar-refractivity contribution in [2.24, 2.45) is 0 Å². The first-order valence-corrected chi connectivity index (χ1v) is 7.24. The maximum absolute atomic E-state index is 12.2. The maximum Gasteiger partial charge on any atom is 0.316 e. The fourth-order valence-electron chi connectivity index (χ4n) is 2.99. The number of nitrogens with one attached hydrogen (secondary N) is 2. The number of aromatic amines is 1. The minimum atomic E-state index is -0.566. The Kier molecular flexibility index (Phi) is 3.51. The van der Waals surface area contributed by atoms with Crippen LogP contribution in [0, 0.1) is 0 Å². The van der Waals surface area contributed by atoms with Crippen molar-refractivity contribution in [1.29, 1.82) is 0 Å². The van der Waals surface area contributed by atoms with Crippen molar-refractivity contribution in [2.45, 2.75) is 38.4 Å². The molecular formula is C16H19N3O2. The summed E-state index contributed by atoms with van der Waals surface area (Å²) in [5.74, 6) is 0. The molecule has 0 aliphatic carbocycles. The normalized spacial score (nSPS) is 22.8. The monoisotopic (exact) mass is 285 g/mol. The molecule has 0 fully saturated rings. The zero-order chi connectivity index (χ0) is 15.0. The lowest BCUT2D eigenvalue weighted by Crippen LogP contribution is -2.39. The smallest absolute Gasteiger partial charge is 0.316 e. The second-order valence-electron chi connectivity index (χ2n) is 5.68. The number of benzene rings is 1. The number of para-hydroxylation sites is 2. The van der Waals surface area contributed by atoms with E-state index < -0.39 is 11.1 Å². The van der Waals surface area contributed by atoms with E-state index in [-0.39, 0.29) is 12.1 Å². The van der Waals surface area contributed by atoms with E-state index in [4.69, 9.17) is 0 Å². The van der Waals surface area contributed by atoms with Gasteiger partial charge in [0.05, 0.1) is 11.0 Å². The SMILES string of the molecule is CC1C=CC(C[C@@H](C)n2c(=O)c(=O)[nH]c3ccccc32)N1. The molecule has 110 valence electrons. The summed E-state index contributed by atoms with van der Waals surface area (Å²) in [4.78, 5) is 26.7. The van der Waals surface area contributed by atoms with Gasteiger partial charge >= 0.3 is 11.1 Å². The molecule has 2 unspecified atom stereocenters. The summed E-state index contributed by atoms with van der Waals surface area (Å²) in [6.07, 6.45) is 5.02. The summed E-state index contributed by atoms with van der Waals surface area (Å²) in [6, 6.07) is 7.94. The third-order valence-electron chi connectivity index (χ3n) is 3.97. The summed E-state index contributed by atoms with van der Waals surface area (Å²) in [5.41, 5.74) is 0.405. The molecule has 3 atom stereocenters. The molecular weight excluding hydrogens is 266 g/mol. The molecule has 1 aliphatic heterocycles. The van der Waals surface area contributed by atoms with Crippen molar-refractivity contribution >= 4 is 11.0 Å². The highest BCUT2D eigenvalue weighted by Gasteiger charge is 2.20. The number of H-pyrrole nitrogens is 1. The van der Waals surface area contributed by atoms with E-state index in [1.807, 2.05) is 31.2 Å². The van der Waals surface area contributed by atoms with E-state index in [9.17, 15) is 9.59 Å². The van der Waals surface area contributed by atoms with Gasteiger partial charge in [0, 0.05) is 18.1 Å². The van der Waals surface area contributed by atoms with Crippen LogP contribution in [0.4, 0.5) is 0 Å². The van der Waals surface area contributed by atoms with Crippen LogP contribution in [0.25, 0.3) is 11.0 Å². The lowest BCUT2D eigenvalue weighted by atomic mass is 10.1. The molecule has 1 aromatic heterocycles. The first-order chi connectivity index (χ1) is 10.1. The molecule has 0 radical (unpaired) electrons. The molecule has 2 aromatic rings. The third-order valence-corrected chi connectivity index (χ3v) is 3.97. The Morgan fingerprint density at radius 2 is 2.00 bits per heavy atom. The molecule has 0 saturated carbocycles. The average molecular weight is 285 g/mol. The first kappa shape index (κ1) is 13.8. The van der Waals surface area contributed by atoms with Gasteiger partial charge in [0.1, 0.15) is 0 Å². The van der Waals surface area contributed by atoms with E-state index in [0.717, 1.165) is 11.9 Å². The van der Waals surface area contributed by atoms with Crippen LogP contribution in [-0.4, -0.2) is 21.6 Å². The van der Waals surface area contributed by atoms with Gasteiger partial charge in [0.2, 0.25) is 0 Å². The van der Waals surface area contributed by atoms with Crippen LogP contribution in [0.15, 0.2) is 46.0 Å². The molecule has 0 amide bonds. The molecule has 5 nitrogen and oxygen atoms in total. The largest absolute Gasteiger partial charge is 0.316 e. The van der Waals surface area contributed by atoms with Crippen LogP contribution in [-0.2, 0) is 0 Å². The highest BCUT2D eigenvalue weighted by atomic mass is 16.2. The number of aromatic nitrogens is 2. The van der Waals surface area contributed by atoms with Gasteiger partial charge in [-0.3, -0.25) is 14.2 Å². The van der Waals surface area contributed by atoms with E-state index in [2.05, 4.69) is 29.4 Å². The molecule has 0 spiro atoms. The predicted molar refractivity (Wildman–Crippen MR) is 83.7 cm³/mol. The van der Waals surface area contributed by atoms with Gasteiger partial charge in [-0.25, -0.2) is 0 Å². The van der Waals surface area contributed by atoms with E-state index >= 15 is 0 Å². The van der Waals surface area contributed by atoms with Crippen molar-refractivity contribution in [2.75, 3.05) is 0 Å². The van der Waals surface area contributed by atoms with E-state index in [1.165, 1.54) is 0 Å². The Bertz CT molecular complexity index is 803. The van der Waals surface area contributed by atoms with Crippen LogP contribution in [0.1, 0.15) is 26.3 Å². The van der Waals surface area contributed by atoms with Crippen LogP contribution in [0.3, 0.4) is 0 Å². The van der Waals surface area contributed by atoms with Gasteiger partial charge in [-0.1, -0.05) is 24.3 Å². The Morgan fingerprint density at radius 3 is 2.71 bits per heavy atom. The summed E-state index contributed by atoms with van der Waals surface area (Å²) in [6.45, 7) is 4.07. The van der Waals surface area contributed by atoms with Gasteiger partial charge in [-0.15, -0.1) is 0 Å². The molecule has 5 heteroatoms. The number of nitrogens with zero attached hydrogens (tertiary/aromatic N) is 1.